The van der Waals surface area contributed by atoms with Crippen molar-refractivity contribution in [2.24, 2.45) is 5.41 Å². The van der Waals surface area contributed by atoms with Crippen molar-refractivity contribution in [3.05, 3.63) is 46.7 Å². The number of anilines is 1. The van der Waals surface area contributed by atoms with Crippen molar-refractivity contribution in [1.29, 1.82) is 15.8 Å². The van der Waals surface area contributed by atoms with Gasteiger partial charge in [-0.3, -0.25) is 9.59 Å². The van der Waals surface area contributed by atoms with E-state index in [0.717, 1.165) is 5.69 Å². The van der Waals surface area contributed by atoms with Gasteiger partial charge in [-0.2, -0.15) is 15.8 Å². The smallest absolute Gasteiger partial charge is 0.311 e. The van der Waals surface area contributed by atoms with Crippen LogP contribution >= 0.6 is 0 Å². The minimum absolute atomic E-state index is 0.0290. The third-order valence-corrected chi connectivity index (χ3v) is 5.48. The molecule has 1 heterocycles. The number of ether oxygens (including phenoxy) is 1. The molecule has 1 aromatic carbocycles. The first-order chi connectivity index (χ1) is 15.2. The van der Waals surface area contributed by atoms with Gasteiger partial charge in [-0.05, 0) is 44.9 Å². The minimum Gasteiger partial charge on any atom is -0.463 e. The van der Waals surface area contributed by atoms with Crippen LogP contribution in [0.5, 0.6) is 0 Å². The molecule has 1 aliphatic rings. The Bertz CT molecular complexity index is 1080. The van der Waals surface area contributed by atoms with Crippen molar-refractivity contribution >= 4 is 23.1 Å². The summed E-state index contributed by atoms with van der Waals surface area (Å²) in [5.74, 6) is -0.766. The van der Waals surface area contributed by atoms with E-state index >= 15 is 0 Å². The van der Waals surface area contributed by atoms with Crippen LogP contribution in [0.15, 0.2) is 41.1 Å². The molecule has 0 fully saturated rings. The maximum atomic E-state index is 12.4. The minimum atomic E-state index is -0.537. The van der Waals surface area contributed by atoms with Crippen LogP contribution in [-0.4, -0.2) is 31.6 Å². The molecule has 0 atom stereocenters. The molecule has 0 unspecified atom stereocenters. The number of amides is 1. The molecular formula is C24H25N5O3. The standard InChI is InChI=1S/C24H25N5O3/c1-5-24(3,4)23(31)32-12-11-29(6-2)18-9-7-16(8-10-18)20-19(15-27)21(28-22(20)30)17(13-25)14-26/h7-10H,5-6,11-12H2,1-4H3,(H,28,30). The third-order valence-electron chi connectivity index (χ3n) is 5.48. The quantitative estimate of drug-likeness (QED) is 0.494. The highest BCUT2D eigenvalue weighted by Crippen LogP contribution is 2.31. The Balaban J connectivity index is 2.22. The summed E-state index contributed by atoms with van der Waals surface area (Å²) in [6, 6.07) is 12.4. The van der Waals surface area contributed by atoms with Crippen LogP contribution in [0.4, 0.5) is 5.69 Å². The van der Waals surface area contributed by atoms with E-state index in [1.807, 2.05) is 50.8 Å². The zero-order valence-electron chi connectivity index (χ0n) is 18.7. The van der Waals surface area contributed by atoms with Gasteiger partial charge in [-0.15, -0.1) is 0 Å². The molecule has 8 nitrogen and oxygen atoms in total. The molecule has 8 heteroatoms. The first-order valence-corrected chi connectivity index (χ1v) is 10.3. The Labute approximate surface area is 188 Å². The molecule has 32 heavy (non-hydrogen) atoms. The van der Waals surface area contributed by atoms with E-state index in [-0.39, 0.29) is 35.0 Å². The first kappa shape index (κ1) is 24.2. The van der Waals surface area contributed by atoms with Gasteiger partial charge < -0.3 is 15.0 Å². The highest BCUT2D eigenvalue weighted by atomic mass is 16.5. The SMILES string of the molecule is CCN(CCOC(=O)C(C)(C)CC)c1ccc(C2=C(C#N)C(=C(C#N)C#N)NC2=O)cc1. The number of carbonyl (C=O) groups is 2. The van der Waals surface area contributed by atoms with Crippen molar-refractivity contribution in [2.45, 2.75) is 34.1 Å². The van der Waals surface area contributed by atoms with Crippen molar-refractivity contribution in [3.8, 4) is 18.2 Å². The Morgan fingerprint density at radius 2 is 1.75 bits per heavy atom. The maximum Gasteiger partial charge on any atom is 0.311 e. The summed E-state index contributed by atoms with van der Waals surface area (Å²) in [4.78, 5) is 26.6. The van der Waals surface area contributed by atoms with Gasteiger partial charge in [0.15, 0.2) is 5.57 Å². The van der Waals surface area contributed by atoms with Crippen molar-refractivity contribution in [1.82, 2.24) is 5.32 Å². The van der Waals surface area contributed by atoms with Gasteiger partial charge in [0.2, 0.25) is 0 Å². The molecule has 0 spiro atoms. The number of hydrogen-bond donors (Lipinski definition) is 1. The van der Waals surface area contributed by atoms with Crippen molar-refractivity contribution in [3.63, 3.8) is 0 Å². The number of nitrogens with zero attached hydrogens (tertiary/aromatic N) is 4. The number of rotatable bonds is 8. The van der Waals surface area contributed by atoms with E-state index < -0.39 is 11.3 Å². The zero-order valence-corrected chi connectivity index (χ0v) is 18.7. The van der Waals surface area contributed by atoms with Gasteiger partial charge in [0, 0.05) is 12.2 Å². The van der Waals surface area contributed by atoms with Crippen LogP contribution in [0.3, 0.4) is 0 Å². The normalized spacial score (nSPS) is 13.0. The highest BCUT2D eigenvalue weighted by molar-refractivity contribution is 6.26. The van der Waals surface area contributed by atoms with Gasteiger partial charge in [-0.1, -0.05) is 19.1 Å². The van der Waals surface area contributed by atoms with Crippen LogP contribution in [0.2, 0.25) is 0 Å². The largest absolute Gasteiger partial charge is 0.463 e. The zero-order chi connectivity index (χ0) is 23.9. The summed E-state index contributed by atoms with van der Waals surface area (Å²) in [6.07, 6.45) is 0.694. The average Bonchev–Trinajstić information content (AvgIpc) is 3.13. The molecule has 0 saturated carbocycles. The Kier molecular flexibility index (Phi) is 7.77. The van der Waals surface area contributed by atoms with Crippen LogP contribution in [0.25, 0.3) is 5.57 Å². The number of nitrogens with one attached hydrogen (secondary N) is 1. The lowest BCUT2D eigenvalue weighted by Gasteiger charge is -2.25. The number of nitriles is 3. The van der Waals surface area contributed by atoms with E-state index in [4.69, 9.17) is 15.3 Å². The molecular weight excluding hydrogens is 406 g/mol. The molecule has 1 amide bonds. The van der Waals surface area contributed by atoms with Crippen LogP contribution in [0.1, 0.15) is 39.7 Å². The summed E-state index contributed by atoms with van der Waals surface area (Å²) in [5.41, 5.74) is 0.560. The molecule has 0 bridgehead atoms. The first-order valence-electron chi connectivity index (χ1n) is 10.3. The number of carbonyl (C=O) groups excluding carboxylic acids is 2. The predicted molar refractivity (Wildman–Crippen MR) is 118 cm³/mol. The second-order valence-electron chi connectivity index (χ2n) is 7.79. The van der Waals surface area contributed by atoms with Crippen LogP contribution in [0, 0.1) is 39.4 Å². The molecule has 0 radical (unpaired) electrons. The van der Waals surface area contributed by atoms with Gasteiger partial charge in [0.25, 0.3) is 5.91 Å². The third kappa shape index (κ3) is 4.96. The fraction of sp³-hybridized carbons (Fsp3) is 0.375. The second kappa shape index (κ2) is 10.3. The molecule has 0 aromatic heterocycles. The van der Waals surface area contributed by atoms with Gasteiger partial charge in [0.05, 0.1) is 28.8 Å². The summed E-state index contributed by atoms with van der Waals surface area (Å²) >= 11 is 0. The highest BCUT2D eigenvalue weighted by Gasteiger charge is 2.31. The number of hydrogen-bond acceptors (Lipinski definition) is 7. The Hall–Kier alpha value is -4.09. The topological polar surface area (TPSA) is 130 Å². The van der Waals surface area contributed by atoms with Crippen LogP contribution < -0.4 is 10.2 Å². The molecule has 1 aliphatic heterocycles. The van der Waals surface area contributed by atoms with E-state index in [1.54, 1.807) is 24.3 Å². The fourth-order valence-electron chi connectivity index (χ4n) is 3.09. The Morgan fingerprint density at radius 3 is 2.25 bits per heavy atom. The van der Waals surface area contributed by atoms with Gasteiger partial charge in [0.1, 0.15) is 24.8 Å². The molecule has 1 N–H and O–H groups in total. The van der Waals surface area contributed by atoms with E-state index in [9.17, 15) is 14.9 Å². The average molecular weight is 431 g/mol. The van der Waals surface area contributed by atoms with E-state index in [0.29, 0.717) is 25.1 Å². The van der Waals surface area contributed by atoms with E-state index in [1.165, 1.54) is 0 Å². The number of esters is 1. The summed E-state index contributed by atoms with van der Waals surface area (Å²) < 4.78 is 5.42. The summed E-state index contributed by atoms with van der Waals surface area (Å²) in [5, 5.41) is 30.1. The molecule has 1 aromatic rings. The Morgan fingerprint density at radius 1 is 1.12 bits per heavy atom. The predicted octanol–water partition coefficient (Wildman–Crippen LogP) is 3.20. The second-order valence-corrected chi connectivity index (χ2v) is 7.79. The van der Waals surface area contributed by atoms with Crippen molar-refractivity contribution < 1.29 is 14.3 Å². The number of benzene rings is 1. The number of likely N-dealkylation sites (N-methyl/N-ethyl adjacent to an activating group) is 1. The maximum absolute atomic E-state index is 12.4. The lowest BCUT2D eigenvalue weighted by Crippen LogP contribution is -2.31. The van der Waals surface area contributed by atoms with Gasteiger partial charge in [-0.25, -0.2) is 0 Å². The molecule has 164 valence electrons. The van der Waals surface area contributed by atoms with Crippen molar-refractivity contribution in [2.75, 3.05) is 24.6 Å². The monoisotopic (exact) mass is 431 g/mol. The molecule has 0 saturated heterocycles. The summed E-state index contributed by atoms with van der Waals surface area (Å²) in [7, 11) is 0. The summed E-state index contributed by atoms with van der Waals surface area (Å²) in [6.45, 7) is 9.07. The fourth-order valence-corrected chi connectivity index (χ4v) is 3.09. The van der Waals surface area contributed by atoms with Gasteiger partial charge >= 0.3 is 5.97 Å². The van der Waals surface area contributed by atoms with E-state index in [2.05, 4.69) is 5.32 Å². The number of allylic oxidation sites excluding steroid dienone is 2. The lowest BCUT2D eigenvalue weighted by molar-refractivity contribution is -0.153. The lowest BCUT2D eigenvalue weighted by atomic mass is 9.91. The molecule has 2 rings (SSSR count). The van der Waals surface area contributed by atoms with Crippen LogP contribution in [-0.2, 0) is 14.3 Å². The molecule has 0 aliphatic carbocycles.